The Hall–Kier alpha value is -2.24. The maximum atomic E-state index is 12.4. The van der Waals surface area contributed by atoms with Crippen LogP contribution < -0.4 is 5.32 Å². The second kappa shape index (κ2) is 10.5. The van der Waals surface area contributed by atoms with Gasteiger partial charge in [0.25, 0.3) is 0 Å². The highest BCUT2D eigenvalue weighted by Crippen LogP contribution is 2.20. The maximum absolute atomic E-state index is 12.4. The summed E-state index contributed by atoms with van der Waals surface area (Å²) in [5.74, 6) is -1.13. The van der Waals surface area contributed by atoms with Crippen molar-refractivity contribution in [3.63, 3.8) is 0 Å². The van der Waals surface area contributed by atoms with Gasteiger partial charge in [0, 0.05) is 0 Å². The minimum atomic E-state index is -1.73. The van der Waals surface area contributed by atoms with Gasteiger partial charge in [-0.1, -0.05) is 44.2 Å². The van der Waals surface area contributed by atoms with E-state index >= 15 is 0 Å². The number of nitrogens with one attached hydrogen (secondary N) is 1. The number of aliphatic hydroxyl groups is 4. The molecule has 6 atom stereocenters. The maximum Gasteiger partial charge on any atom is 0.408 e. The molecule has 10 nitrogen and oxygen atoms in total. The lowest BCUT2D eigenvalue weighted by molar-refractivity contribution is -0.287. The summed E-state index contributed by atoms with van der Waals surface area (Å²) in [5, 5.41) is 40.9. The second-order valence-corrected chi connectivity index (χ2v) is 7.09. The fourth-order valence-electron chi connectivity index (χ4n) is 2.71. The molecule has 10 heteroatoms. The number of esters is 1. The Kier molecular flexibility index (Phi) is 8.35. The summed E-state index contributed by atoms with van der Waals surface area (Å²) >= 11 is 0. The first-order chi connectivity index (χ1) is 13.7. The van der Waals surface area contributed by atoms with Crippen LogP contribution in [0.25, 0.3) is 0 Å². The van der Waals surface area contributed by atoms with E-state index in [1.807, 2.05) is 6.07 Å². The molecule has 0 unspecified atom stereocenters. The molecule has 0 spiro atoms. The lowest BCUT2D eigenvalue weighted by atomic mass is 9.99. The quantitative estimate of drug-likeness (QED) is 0.364. The summed E-state index contributed by atoms with van der Waals surface area (Å²) in [6.45, 7) is 2.93. The molecule has 1 aliphatic rings. The van der Waals surface area contributed by atoms with Gasteiger partial charge in [0.15, 0.2) is 6.29 Å². The summed E-state index contributed by atoms with van der Waals surface area (Å²) in [5.41, 5.74) is 0.786. The highest BCUT2D eigenvalue weighted by atomic mass is 16.7. The number of rotatable bonds is 7. The lowest BCUT2D eigenvalue weighted by Crippen LogP contribution is -2.59. The number of alkyl carbamates (subject to hydrolysis) is 1. The van der Waals surface area contributed by atoms with E-state index in [-0.39, 0.29) is 12.5 Å². The summed E-state index contributed by atoms with van der Waals surface area (Å²) in [7, 11) is 0. The minimum Gasteiger partial charge on any atom is -0.461 e. The molecule has 1 heterocycles. The van der Waals surface area contributed by atoms with Crippen molar-refractivity contribution in [2.45, 2.75) is 57.2 Å². The molecular formula is C19H27NO9. The van der Waals surface area contributed by atoms with E-state index in [0.29, 0.717) is 0 Å². The number of benzene rings is 1. The van der Waals surface area contributed by atoms with Gasteiger partial charge >= 0.3 is 12.1 Å². The molecular weight excluding hydrogens is 386 g/mol. The zero-order valence-electron chi connectivity index (χ0n) is 16.2. The highest BCUT2D eigenvalue weighted by molar-refractivity contribution is 5.81. The molecule has 0 aliphatic carbocycles. The molecule has 1 amide bonds. The van der Waals surface area contributed by atoms with Crippen LogP contribution in [0.5, 0.6) is 0 Å². The van der Waals surface area contributed by atoms with E-state index in [4.69, 9.17) is 14.2 Å². The van der Waals surface area contributed by atoms with E-state index < -0.39 is 55.4 Å². The molecule has 0 aromatic heterocycles. The second-order valence-electron chi connectivity index (χ2n) is 7.09. The lowest BCUT2D eigenvalue weighted by Gasteiger charge is -2.38. The van der Waals surface area contributed by atoms with Crippen LogP contribution in [0.2, 0.25) is 0 Å². The SMILES string of the molecule is CC(C)[C@@H](NC(=O)OCc1ccccc1)C(=O)OC[C@@H]1O[C@H](O)[C@H](O)[C@@H](O)[C@H]1O. The molecule has 162 valence electrons. The summed E-state index contributed by atoms with van der Waals surface area (Å²) < 4.78 is 15.1. The molecule has 1 aliphatic heterocycles. The molecule has 0 radical (unpaired) electrons. The Balaban J connectivity index is 1.86. The van der Waals surface area contributed by atoms with Crippen molar-refractivity contribution < 1.29 is 44.2 Å². The van der Waals surface area contributed by atoms with Gasteiger partial charge in [0.05, 0.1) is 0 Å². The molecule has 29 heavy (non-hydrogen) atoms. The standard InChI is InChI=1S/C19H27NO9/c1-10(2)13(20-19(26)28-8-11-6-4-3-5-7-11)17(24)27-9-12-14(21)15(22)16(23)18(25)29-12/h3-7,10,12-16,18,21-23,25H,8-9H2,1-2H3,(H,20,26)/t12-,13+,14-,15-,16+,18-/m0/s1. The van der Waals surface area contributed by atoms with Gasteiger partial charge < -0.3 is 40.0 Å². The Morgan fingerprint density at radius 2 is 1.69 bits per heavy atom. The van der Waals surface area contributed by atoms with Crippen molar-refractivity contribution in [2.24, 2.45) is 5.92 Å². The predicted octanol–water partition coefficient (Wildman–Crippen LogP) is -0.719. The number of hydrogen-bond acceptors (Lipinski definition) is 9. The van der Waals surface area contributed by atoms with Crippen LogP contribution in [-0.2, 0) is 25.6 Å². The number of carbonyl (C=O) groups excluding carboxylic acids is 2. The van der Waals surface area contributed by atoms with E-state index in [2.05, 4.69) is 5.32 Å². The van der Waals surface area contributed by atoms with Crippen LogP contribution >= 0.6 is 0 Å². The van der Waals surface area contributed by atoms with Gasteiger partial charge in [-0.15, -0.1) is 0 Å². The third-order valence-electron chi connectivity index (χ3n) is 4.48. The fraction of sp³-hybridized carbons (Fsp3) is 0.579. The predicted molar refractivity (Wildman–Crippen MR) is 98.2 cm³/mol. The molecule has 2 rings (SSSR count). The van der Waals surface area contributed by atoms with Crippen molar-refractivity contribution in [3.8, 4) is 0 Å². The Morgan fingerprint density at radius 3 is 2.31 bits per heavy atom. The van der Waals surface area contributed by atoms with E-state index in [9.17, 15) is 30.0 Å². The molecule has 1 aromatic rings. The molecule has 0 saturated carbocycles. The van der Waals surface area contributed by atoms with Crippen molar-refractivity contribution >= 4 is 12.1 Å². The average Bonchev–Trinajstić information content (AvgIpc) is 2.70. The number of amides is 1. The first kappa shape index (κ1) is 23.0. The van der Waals surface area contributed by atoms with Crippen molar-refractivity contribution in [1.82, 2.24) is 5.32 Å². The van der Waals surface area contributed by atoms with Crippen LogP contribution in [0.3, 0.4) is 0 Å². The van der Waals surface area contributed by atoms with Gasteiger partial charge in [-0.2, -0.15) is 0 Å². The van der Waals surface area contributed by atoms with Crippen LogP contribution in [0.15, 0.2) is 30.3 Å². The van der Waals surface area contributed by atoms with Crippen molar-refractivity contribution in [2.75, 3.05) is 6.61 Å². The topological polar surface area (TPSA) is 155 Å². The zero-order valence-corrected chi connectivity index (χ0v) is 16.2. The van der Waals surface area contributed by atoms with Gasteiger partial charge in [0.2, 0.25) is 0 Å². The highest BCUT2D eigenvalue weighted by Gasteiger charge is 2.43. The summed E-state index contributed by atoms with van der Waals surface area (Å²) in [6.07, 6.45) is -8.68. The third kappa shape index (κ3) is 6.38. The van der Waals surface area contributed by atoms with Gasteiger partial charge in [-0.3, -0.25) is 0 Å². The van der Waals surface area contributed by atoms with E-state index in [1.54, 1.807) is 38.1 Å². The number of hydrogen-bond donors (Lipinski definition) is 5. The number of aliphatic hydroxyl groups excluding tert-OH is 4. The Morgan fingerprint density at radius 1 is 1.03 bits per heavy atom. The monoisotopic (exact) mass is 413 g/mol. The molecule has 0 bridgehead atoms. The van der Waals surface area contributed by atoms with Crippen LogP contribution in [0, 0.1) is 5.92 Å². The molecule has 1 saturated heterocycles. The Bertz CT molecular complexity index is 669. The number of ether oxygens (including phenoxy) is 3. The Labute approximate surface area is 168 Å². The van der Waals surface area contributed by atoms with Gasteiger partial charge in [0.1, 0.15) is 43.7 Å². The average molecular weight is 413 g/mol. The van der Waals surface area contributed by atoms with Gasteiger partial charge in [-0.25, -0.2) is 9.59 Å². The smallest absolute Gasteiger partial charge is 0.408 e. The molecule has 1 fully saturated rings. The third-order valence-corrected chi connectivity index (χ3v) is 4.48. The fourth-order valence-corrected chi connectivity index (χ4v) is 2.71. The van der Waals surface area contributed by atoms with E-state index in [1.165, 1.54) is 0 Å². The van der Waals surface area contributed by atoms with Crippen LogP contribution in [0.1, 0.15) is 19.4 Å². The number of carbonyl (C=O) groups is 2. The molecule has 5 N–H and O–H groups in total. The normalized spacial score (nSPS) is 27.9. The summed E-state index contributed by atoms with van der Waals surface area (Å²) in [4.78, 5) is 24.4. The van der Waals surface area contributed by atoms with Crippen molar-refractivity contribution in [1.29, 1.82) is 0 Å². The van der Waals surface area contributed by atoms with Crippen LogP contribution in [-0.4, -0.2) is 75.8 Å². The zero-order chi connectivity index (χ0) is 21.6. The van der Waals surface area contributed by atoms with Crippen molar-refractivity contribution in [3.05, 3.63) is 35.9 Å². The van der Waals surface area contributed by atoms with Gasteiger partial charge in [-0.05, 0) is 11.5 Å². The van der Waals surface area contributed by atoms with E-state index in [0.717, 1.165) is 5.56 Å². The first-order valence-corrected chi connectivity index (χ1v) is 9.22. The summed E-state index contributed by atoms with van der Waals surface area (Å²) in [6, 6.07) is 7.99. The largest absolute Gasteiger partial charge is 0.461 e. The first-order valence-electron chi connectivity index (χ1n) is 9.22. The van der Waals surface area contributed by atoms with Crippen LogP contribution in [0.4, 0.5) is 4.79 Å². The minimum absolute atomic E-state index is 0.0345. The molecule has 1 aromatic carbocycles.